The molecule has 1 heterocycles. The van der Waals surface area contributed by atoms with E-state index in [1.165, 1.54) is 0 Å². The molecule has 2 rings (SSSR count). The standard InChI is InChI=1S/C17H25N5O2/c1-24-15(12-18)11-17(23)20-9-5-6-13-10-16(19)22(21-13)14-7-3-2-4-8-14/h2-4,7-8,10,15H,5-6,9,11-12,18-19H2,1H3,(H,20,23). The number of hydrogen-bond acceptors (Lipinski definition) is 5. The third-order valence-electron chi connectivity index (χ3n) is 3.73. The Balaban J connectivity index is 1.78. The molecular weight excluding hydrogens is 306 g/mol. The highest BCUT2D eigenvalue weighted by Gasteiger charge is 2.11. The molecule has 130 valence electrons. The van der Waals surface area contributed by atoms with Crippen molar-refractivity contribution in [2.24, 2.45) is 5.73 Å². The lowest BCUT2D eigenvalue weighted by Crippen LogP contribution is -2.32. The summed E-state index contributed by atoms with van der Waals surface area (Å²) >= 11 is 0. The first-order valence-corrected chi connectivity index (χ1v) is 8.03. The molecule has 1 atom stereocenters. The normalized spacial score (nSPS) is 12.1. The quantitative estimate of drug-likeness (QED) is 0.591. The Morgan fingerprint density at radius 3 is 2.79 bits per heavy atom. The number of rotatable bonds is 9. The van der Waals surface area contributed by atoms with Gasteiger partial charge in [0.25, 0.3) is 0 Å². The topological polar surface area (TPSA) is 108 Å². The van der Waals surface area contributed by atoms with E-state index in [0.717, 1.165) is 24.2 Å². The number of carbonyl (C=O) groups excluding carboxylic acids is 1. The van der Waals surface area contributed by atoms with Crippen molar-refractivity contribution in [1.82, 2.24) is 15.1 Å². The van der Waals surface area contributed by atoms with Gasteiger partial charge in [-0.3, -0.25) is 4.79 Å². The molecule has 0 saturated heterocycles. The van der Waals surface area contributed by atoms with Crippen LogP contribution in [0.25, 0.3) is 5.69 Å². The van der Waals surface area contributed by atoms with Gasteiger partial charge in [0.1, 0.15) is 5.82 Å². The predicted octanol–water partition coefficient (Wildman–Crippen LogP) is 0.867. The number of ether oxygens (including phenoxy) is 1. The fourth-order valence-corrected chi connectivity index (χ4v) is 2.38. The zero-order chi connectivity index (χ0) is 17.4. The Kier molecular flexibility index (Phi) is 6.77. The predicted molar refractivity (Wildman–Crippen MR) is 93.8 cm³/mol. The maximum absolute atomic E-state index is 11.7. The number of amides is 1. The number of benzene rings is 1. The van der Waals surface area contributed by atoms with Crippen LogP contribution in [0.4, 0.5) is 5.82 Å². The molecule has 0 aliphatic carbocycles. The fraction of sp³-hybridized carbons (Fsp3) is 0.412. The summed E-state index contributed by atoms with van der Waals surface area (Å²) in [5.74, 6) is 0.549. The molecule has 0 radical (unpaired) electrons. The lowest BCUT2D eigenvalue weighted by Gasteiger charge is -2.12. The van der Waals surface area contributed by atoms with Gasteiger partial charge in [0.2, 0.25) is 5.91 Å². The van der Waals surface area contributed by atoms with E-state index in [-0.39, 0.29) is 18.4 Å². The molecule has 0 aliphatic rings. The lowest BCUT2D eigenvalue weighted by atomic mass is 10.2. The van der Waals surface area contributed by atoms with E-state index in [2.05, 4.69) is 10.4 Å². The van der Waals surface area contributed by atoms with Crippen molar-refractivity contribution < 1.29 is 9.53 Å². The molecule has 1 unspecified atom stereocenters. The van der Waals surface area contributed by atoms with Crippen LogP contribution in [-0.2, 0) is 16.0 Å². The SMILES string of the molecule is COC(CN)CC(=O)NCCCc1cc(N)n(-c2ccccc2)n1. The number of nitrogens with zero attached hydrogens (tertiary/aromatic N) is 2. The van der Waals surface area contributed by atoms with Crippen molar-refractivity contribution in [3.05, 3.63) is 42.1 Å². The van der Waals surface area contributed by atoms with Gasteiger partial charge in [-0.1, -0.05) is 18.2 Å². The molecular formula is C17H25N5O2. The van der Waals surface area contributed by atoms with Crippen molar-refractivity contribution in [2.45, 2.75) is 25.4 Å². The number of aromatic nitrogens is 2. The van der Waals surface area contributed by atoms with Crippen molar-refractivity contribution in [3.8, 4) is 5.69 Å². The second-order valence-corrected chi connectivity index (χ2v) is 5.56. The van der Waals surface area contributed by atoms with E-state index in [1.54, 1.807) is 11.8 Å². The van der Waals surface area contributed by atoms with Crippen molar-refractivity contribution in [3.63, 3.8) is 0 Å². The molecule has 0 bridgehead atoms. The highest BCUT2D eigenvalue weighted by Crippen LogP contribution is 2.14. The van der Waals surface area contributed by atoms with Crippen LogP contribution < -0.4 is 16.8 Å². The van der Waals surface area contributed by atoms with Gasteiger partial charge in [-0.2, -0.15) is 5.10 Å². The molecule has 0 saturated carbocycles. The Morgan fingerprint density at radius 2 is 2.12 bits per heavy atom. The van der Waals surface area contributed by atoms with Crippen LogP contribution in [0.15, 0.2) is 36.4 Å². The van der Waals surface area contributed by atoms with Gasteiger partial charge in [0.15, 0.2) is 0 Å². The number of para-hydroxylation sites is 1. The average molecular weight is 331 g/mol. The number of nitrogens with one attached hydrogen (secondary N) is 1. The Morgan fingerprint density at radius 1 is 1.38 bits per heavy atom. The number of anilines is 1. The third kappa shape index (κ3) is 5.07. The zero-order valence-corrected chi connectivity index (χ0v) is 13.9. The highest BCUT2D eigenvalue weighted by atomic mass is 16.5. The summed E-state index contributed by atoms with van der Waals surface area (Å²) in [6, 6.07) is 11.6. The maximum atomic E-state index is 11.7. The Labute approximate surface area is 142 Å². The number of aryl methyl sites for hydroxylation is 1. The lowest BCUT2D eigenvalue weighted by molar-refractivity contribution is -0.123. The largest absolute Gasteiger partial charge is 0.384 e. The summed E-state index contributed by atoms with van der Waals surface area (Å²) in [5.41, 5.74) is 13.4. The minimum Gasteiger partial charge on any atom is -0.384 e. The molecule has 24 heavy (non-hydrogen) atoms. The van der Waals surface area contributed by atoms with E-state index in [4.69, 9.17) is 16.2 Å². The van der Waals surface area contributed by atoms with Gasteiger partial charge < -0.3 is 21.5 Å². The van der Waals surface area contributed by atoms with E-state index >= 15 is 0 Å². The first kappa shape index (κ1) is 18.0. The van der Waals surface area contributed by atoms with Gasteiger partial charge >= 0.3 is 0 Å². The summed E-state index contributed by atoms with van der Waals surface area (Å²) in [6.45, 7) is 0.915. The molecule has 0 spiro atoms. The Hall–Kier alpha value is -2.38. The molecule has 0 fully saturated rings. The van der Waals surface area contributed by atoms with Crippen LogP contribution in [0, 0.1) is 0 Å². The summed E-state index contributed by atoms with van der Waals surface area (Å²) in [5, 5.41) is 7.38. The number of methoxy groups -OCH3 is 1. The van der Waals surface area contributed by atoms with Gasteiger partial charge in [-0.25, -0.2) is 4.68 Å². The average Bonchev–Trinajstić information content (AvgIpc) is 2.98. The van der Waals surface area contributed by atoms with Gasteiger partial charge in [0.05, 0.1) is 23.9 Å². The second-order valence-electron chi connectivity index (χ2n) is 5.56. The smallest absolute Gasteiger partial charge is 0.222 e. The summed E-state index contributed by atoms with van der Waals surface area (Å²) in [4.78, 5) is 11.7. The third-order valence-corrected chi connectivity index (χ3v) is 3.73. The molecule has 5 N–H and O–H groups in total. The summed E-state index contributed by atoms with van der Waals surface area (Å²) in [7, 11) is 1.55. The molecule has 1 amide bonds. The van der Waals surface area contributed by atoms with Crippen molar-refractivity contribution in [1.29, 1.82) is 0 Å². The van der Waals surface area contributed by atoms with Crippen LogP contribution in [0.3, 0.4) is 0 Å². The van der Waals surface area contributed by atoms with Crippen LogP contribution >= 0.6 is 0 Å². The van der Waals surface area contributed by atoms with E-state index in [9.17, 15) is 4.79 Å². The summed E-state index contributed by atoms with van der Waals surface area (Å²) < 4.78 is 6.81. The number of nitrogen functional groups attached to an aromatic ring is 1. The van der Waals surface area contributed by atoms with Crippen molar-refractivity contribution >= 4 is 11.7 Å². The fourth-order valence-electron chi connectivity index (χ4n) is 2.38. The molecule has 1 aromatic carbocycles. The maximum Gasteiger partial charge on any atom is 0.222 e. The van der Waals surface area contributed by atoms with E-state index in [0.29, 0.717) is 18.9 Å². The van der Waals surface area contributed by atoms with Gasteiger partial charge in [-0.15, -0.1) is 0 Å². The molecule has 7 nitrogen and oxygen atoms in total. The number of nitrogens with two attached hydrogens (primary N) is 2. The monoisotopic (exact) mass is 331 g/mol. The van der Waals surface area contributed by atoms with Crippen molar-refractivity contribution in [2.75, 3.05) is 25.9 Å². The molecule has 0 aliphatic heterocycles. The van der Waals surface area contributed by atoms with Crippen LogP contribution in [0.5, 0.6) is 0 Å². The number of hydrogen-bond donors (Lipinski definition) is 3. The first-order chi connectivity index (χ1) is 11.6. The van der Waals surface area contributed by atoms with Gasteiger partial charge in [-0.05, 0) is 25.0 Å². The minimum atomic E-state index is -0.230. The second kappa shape index (κ2) is 9.05. The number of carbonyl (C=O) groups is 1. The van der Waals surface area contributed by atoms with Crippen LogP contribution in [0.1, 0.15) is 18.5 Å². The van der Waals surface area contributed by atoms with Crippen LogP contribution in [-0.4, -0.2) is 42.0 Å². The first-order valence-electron chi connectivity index (χ1n) is 8.03. The highest BCUT2D eigenvalue weighted by molar-refractivity contribution is 5.76. The Bertz CT molecular complexity index is 638. The summed E-state index contributed by atoms with van der Waals surface area (Å²) in [6.07, 6.45) is 1.58. The molecule has 2 aromatic rings. The molecule has 1 aromatic heterocycles. The minimum absolute atomic E-state index is 0.0540. The van der Waals surface area contributed by atoms with Gasteiger partial charge in [0, 0.05) is 26.3 Å². The van der Waals surface area contributed by atoms with E-state index in [1.807, 2.05) is 36.4 Å². The molecule has 7 heteroatoms. The zero-order valence-electron chi connectivity index (χ0n) is 13.9. The van der Waals surface area contributed by atoms with Crippen LogP contribution in [0.2, 0.25) is 0 Å². The van der Waals surface area contributed by atoms with E-state index < -0.39 is 0 Å².